The van der Waals surface area contributed by atoms with Gasteiger partial charge in [-0.25, -0.2) is 4.39 Å². The fraction of sp³-hybridized carbons (Fsp3) is 0.133. The number of anilines is 2. The molecule has 4 heteroatoms. The lowest BCUT2D eigenvalue weighted by Crippen LogP contribution is -2.22. The summed E-state index contributed by atoms with van der Waals surface area (Å²) >= 11 is 0. The Kier molecular flexibility index (Phi) is 4.13. The average molecular weight is 258 g/mol. The summed E-state index contributed by atoms with van der Waals surface area (Å²) in [4.78, 5) is 11.7. The van der Waals surface area contributed by atoms with Crippen molar-refractivity contribution in [2.75, 3.05) is 17.2 Å². The quantitative estimate of drug-likeness (QED) is 0.884. The van der Waals surface area contributed by atoms with Gasteiger partial charge in [-0.3, -0.25) is 4.79 Å². The molecule has 2 rings (SSSR count). The van der Waals surface area contributed by atoms with Gasteiger partial charge >= 0.3 is 0 Å². The summed E-state index contributed by atoms with van der Waals surface area (Å²) in [5, 5.41) is 5.49. The number of carbonyl (C=O) groups excluding carboxylic acids is 1. The van der Waals surface area contributed by atoms with Crippen molar-refractivity contribution in [3.63, 3.8) is 0 Å². The lowest BCUT2D eigenvalue weighted by atomic mass is 10.2. The van der Waals surface area contributed by atoms with E-state index in [0.29, 0.717) is 0 Å². The standard InChI is InChI=1S/C15H15FN2O/c1-11-6-8-12(9-7-11)17-10-15(19)18-14-5-3-2-4-13(14)16/h2-9,17H,10H2,1H3,(H,18,19). The Hall–Kier alpha value is -2.36. The minimum Gasteiger partial charge on any atom is -0.376 e. The molecule has 98 valence electrons. The van der Waals surface area contributed by atoms with Crippen LogP contribution in [0.15, 0.2) is 48.5 Å². The number of carbonyl (C=O) groups is 1. The first-order valence-corrected chi connectivity index (χ1v) is 6.00. The first-order valence-electron chi connectivity index (χ1n) is 6.00. The lowest BCUT2D eigenvalue weighted by Gasteiger charge is -2.08. The van der Waals surface area contributed by atoms with Gasteiger partial charge in [0.25, 0.3) is 0 Å². The maximum Gasteiger partial charge on any atom is 0.243 e. The smallest absolute Gasteiger partial charge is 0.243 e. The fourth-order valence-corrected chi connectivity index (χ4v) is 1.61. The number of amides is 1. The van der Waals surface area contributed by atoms with Crippen molar-refractivity contribution in [2.24, 2.45) is 0 Å². The third kappa shape index (κ3) is 3.81. The molecule has 0 saturated carbocycles. The molecule has 2 aromatic carbocycles. The van der Waals surface area contributed by atoms with E-state index in [4.69, 9.17) is 0 Å². The molecule has 0 bridgehead atoms. The molecule has 2 N–H and O–H groups in total. The highest BCUT2D eigenvalue weighted by Crippen LogP contribution is 2.12. The highest BCUT2D eigenvalue weighted by molar-refractivity contribution is 5.93. The SMILES string of the molecule is Cc1ccc(NCC(=O)Nc2ccccc2F)cc1. The predicted octanol–water partition coefficient (Wildman–Crippen LogP) is 3.18. The van der Waals surface area contributed by atoms with Crippen molar-refractivity contribution < 1.29 is 9.18 Å². The number of hydrogen-bond donors (Lipinski definition) is 2. The van der Waals surface area contributed by atoms with Gasteiger partial charge in [0.1, 0.15) is 5.82 Å². The number of rotatable bonds is 4. The molecule has 0 saturated heterocycles. The zero-order valence-electron chi connectivity index (χ0n) is 10.6. The molecule has 0 radical (unpaired) electrons. The van der Waals surface area contributed by atoms with Crippen molar-refractivity contribution in [3.05, 3.63) is 59.9 Å². The van der Waals surface area contributed by atoms with Crippen molar-refractivity contribution in [1.29, 1.82) is 0 Å². The topological polar surface area (TPSA) is 41.1 Å². The van der Waals surface area contributed by atoms with Crippen molar-refractivity contribution >= 4 is 17.3 Å². The predicted molar refractivity (Wildman–Crippen MR) is 74.7 cm³/mol. The van der Waals surface area contributed by atoms with E-state index in [1.807, 2.05) is 31.2 Å². The van der Waals surface area contributed by atoms with Crippen LogP contribution in [0, 0.1) is 12.7 Å². The molecule has 0 aliphatic rings. The van der Waals surface area contributed by atoms with Crippen LogP contribution in [0.4, 0.5) is 15.8 Å². The lowest BCUT2D eigenvalue weighted by molar-refractivity contribution is -0.114. The number of para-hydroxylation sites is 1. The summed E-state index contributed by atoms with van der Waals surface area (Å²) < 4.78 is 13.3. The molecular formula is C15H15FN2O. The Morgan fingerprint density at radius 3 is 2.47 bits per heavy atom. The molecule has 0 spiro atoms. The highest BCUT2D eigenvalue weighted by Gasteiger charge is 2.05. The maximum atomic E-state index is 13.3. The van der Waals surface area contributed by atoms with Crippen molar-refractivity contribution in [1.82, 2.24) is 0 Å². The maximum absolute atomic E-state index is 13.3. The first-order chi connectivity index (χ1) is 9.15. The molecule has 2 aromatic rings. The number of nitrogens with one attached hydrogen (secondary N) is 2. The third-order valence-electron chi connectivity index (χ3n) is 2.65. The van der Waals surface area contributed by atoms with Crippen LogP contribution in [0.3, 0.4) is 0 Å². The number of hydrogen-bond acceptors (Lipinski definition) is 2. The normalized spacial score (nSPS) is 10.0. The molecule has 0 fully saturated rings. The van der Waals surface area contributed by atoms with E-state index < -0.39 is 5.82 Å². The third-order valence-corrected chi connectivity index (χ3v) is 2.65. The Balaban J connectivity index is 1.88. The van der Waals surface area contributed by atoms with Crippen molar-refractivity contribution in [2.45, 2.75) is 6.92 Å². The molecule has 19 heavy (non-hydrogen) atoms. The molecule has 0 aliphatic heterocycles. The fourth-order valence-electron chi connectivity index (χ4n) is 1.61. The van der Waals surface area contributed by atoms with Gasteiger partial charge in [0.2, 0.25) is 5.91 Å². The van der Waals surface area contributed by atoms with Crippen LogP contribution in [0.5, 0.6) is 0 Å². The number of halogens is 1. The van der Waals surface area contributed by atoms with E-state index in [2.05, 4.69) is 10.6 Å². The minimum atomic E-state index is -0.439. The van der Waals surface area contributed by atoms with E-state index in [-0.39, 0.29) is 18.1 Å². The zero-order valence-corrected chi connectivity index (χ0v) is 10.6. The first kappa shape index (κ1) is 13.1. The second-order valence-electron chi connectivity index (χ2n) is 4.25. The largest absolute Gasteiger partial charge is 0.376 e. The van der Waals surface area contributed by atoms with E-state index in [0.717, 1.165) is 11.3 Å². The number of benzene rings is 2. The Bertz CT molecular complexity index is 567. The van der Waals surface area contributed by atoms with E-state index in [1.165, 1.54) is 12.1 Å². The van der Waals surface area contributed by atoms with Crippen molar-refractivity contribution in [3.8, 4) is 0 Å². The zero-order chi connectivity index (χ0) is 13.7. The molecule has 0 atom stereocenters. The van der Waals surface area contributed by atoms with Gasteiger partial charge in [0.15, 0.2) is 0 Å². The summed E-state index contributed by atoms with van der Waals surface area (Å²) in [5.74, 6) is -0.725. The van der Waals surface area contributed by atoms with Crippen LogP contribution in [0.2, 0.25) is 0 Å². The Morgan fingerprint density at radius 1 is 1.11 bits per heavy atom. The molecule has 3 nitrogen and oxygen atoms in total. The summed E-state index contributed by atoms with van der Waals surface area (Å²) in [6.07, 6.45) is 0. The van der Waals surface area contributed by atoms with Crippen LogP contribution in [0.25, 0.3) is 0 Å². The van der Waals surface area contributed by atoms with Gasteiger partial charge in [0, 0.05) is 5.69 Å². The molecule has 0 heterocycles. The summed E-state index contributed by atoms with van der Waals surface area (Å²) in [6, 6.07) is 13.8. The van der Waals surface area contributed by atoms with Crippen LogP contribution in [-0.2, 0) is 4.79 Å². The highest BCUT2D eigenvalue weighted by atomic mass is 19.1. The van der Waals surface area contributed by atoms with Crippen LogP contribution < -0.4 is 10.6 Å². The summed E-state index contributed by atoms with van der Waals surface area (Å²) in [7, 11) is 0. The van der Waals surface area contributed by atoms with Crippen LogP contribution in [-0.4, -0.2) is 12.5 Å². The second-order valence-corrected chi connectivity index (χ2v) is 4.25. The molecule has 0 unspecified atom stereocenters. The van der Waals surface area contributed by atoms with Gasteiger partial charge in [-0.1, -0.05) is 29.8 Å². The molecule has 1 amide bonds. The van der Waals surface area contributed by atoms with E-state index in [9.17, 15) is 9.18 Å². The van der Waals surface area contributed by atoms with E-state index in [1.54, 1.807) is 12.1 Å². The van der Waals surface area contributed by atoms with E-state index >= 15 is 0 Å². The number of aryl methyl sites for hydroxylation is 1. The average Bonchev–Trinajstić information content (AvgIpc) is 2.41. The minimum absolute atomic E-state index is 0.0946. The van der Waals surface area contributed by atoms with Gasteiger partial charge in [0.05, 0.1) is 12.2 Å². The van der Waals surface area contributed by atoms with Crippen LogP contribution >= 0.6 is 0 Å². The monoisotopic (exact) mass is 258 g/mol. The van der Waals surface area contributed by atoms with Gasteiger partial charge in [-0.2, -0.15) is 0 Å². The second kappa shape index (κ2) is 6.00. The molecule has 0 aliphatic carbocycles. The molecular weight excluding hydrogens is 243 g/mol. The van der Waals surface area contributed by atoms with Gasteiger partial charge < -0.3 is 10.6 Å². The Morgan fingerprint density at radius 2 is 1.79 bits per heavy atom. The summed E-state index contributed by atoms with van der Waals surface area (Å²) in [6.45, 7) is 2.09. The summed E-state index contributed by atoms with van der Waals surface area (Å²) in [5.41, 5.74) is 2.20. The van der Waals surface area contributed by atoms with Gasteiger partial charge in [-0.15, -0.1) is 0 Å². The molecule has 0 aromatic heterocycles. The Labute approximate surface area is 111 Å². The van der Waals surface area contributed by atoms with Gasteiger partial charge in [-0.05, 0) is 31.2 Å². The van der Waals surface area contributed by atoms with Crippen LogP contribution in [0.1, 0.15) is 5.56 Å².